The molecule has 18 heavy (non-hydrogen) atoms. The number of hydrogen-bond donors (Lipinski definition) is 1. The first kappa shape index (κ1) is 14.3. The first-order valence-corrected chi connectivity index (χ1v) is 7.99. The fourth-order valence-corrected chi connectivity index (χ4v) is 3.29. The fraction of sp³-hybridized carbons (Fsp3) is 0.643. The predicted octanol–water partition coefficient (Wildman–Crippen LogP) is 3.98. The third kappa shape index (κ3) is 4.22. The lowest BCUT2D eigenvalue weighted by Crippen LogP contribution is -2.31. The lowest BCUT2D eigenvalue weighted by Gasteiger charge is -2.30. The number of hydrogen-bond acceptors (Lipinski definition) is 2. The van der Waals surface area contributed by atoms with Crippen LogP contribution in [-0.2, 0) is 6.54 Å². The number of rotatable bonds is 5. The molecule has 4 heteroatoms. The number of pyridine rings is 1. The minimum absolute atomic E-state index is 0.700. The summed E-state index contributed by atoms with van der Waals surface area (Å²) in [7, 11) is 0. The van der Waals surface area contributed by atoms with Crippen LogP contribution in [0.2, 0.25) is 0 Å². The van der Waals surface area contributed by atoms with E-state index < -0.39 is 0 Å². The van der Waals surface area contributed by atoms with Crippen LogP contribution in [0.25, 0.3) is 0 Å². The molecule has 2 unspecified atom stereocenters. The first-order chi connectivity index (χ1) is 8.79. The zero-order valence-electron chi connectivity index (χ0n) is 10.5. The summed E-state index contributed by atoms with van der Waals surface area (Å²) in [5.41, 5.74) is 1.09. The number of nitrogens with zero attached hydrogens (tertiary/aromatic N) is 1. The SMILES string of the molecule is ClCC1CCCCC1CNCc1ccc(Br)cn1. The Morgan fingerprint density at radius 1 is 1.28 bits per heavy atom. The Kier molecular flexibility index (Phi) is 5.93. The molecule has 2 atom stereocenters. The van der Waals surface area contributed by atoms with Gasteiger partial charge < -0.3 is 5.32 Å². The van der Waals surface area contributed by atoms with E-state index in [-0.39, 0.29) is 0 Å². The molecule has 1 aliphatic rings. The van der Waals surface area contributed by atoms with Crippen LogP contribution in [0.3, 0.4) is 0 Å². The molecule has 1 heterocycles. The van der Waals surface area contributed by atoms with E-state index in [2.05, 4.69) is 32.3 Å². The van der Waals surface area contributed by atoms with E-state index in [1.807, 2.05) is 12.3 Å². The smallest absolute Gasteiger partial charge is 0.0542 e. The van der Waals surface area contributed by atoms with Crippen molar-refractivity contribution in [3.63, 3.8) is 0 Å². The largest absolute Gasteiger partial charge is 0.311 e. The molecule has 0 bridgehead atoms. The second kappa shape index (κ2) is 7.46. The van der Waals surface area contributed by atoms with Crippen LogP contribution in [-0.4, -0.2) is 17.4 Å². The highest BCUT2D eigenvalue weighted by molar-refractivity contribution is 9.10. The van der Waals surface area contributed by atoms with Gasteiger partial charge in [0.25, 0.3) is 0 Å². The van der Waals surface area contributed by atoms with Gasteiger partial charge in [0.2, 0.25) is 0 Å². The Morgan fingerprint density at radius 3 is 2.72 bits per heavy atom. The van der Waals surface area contributed by atoms with E-state index in [1.54, 1.807) is 0 Å². The van der Waals surface area contributed by atoms with Crippen molar-refractivity contribution >= 4 is 27.5 Å². The maximum absolute atomic E-state index is 6.04. The molecule has 0 aromatic carbocycles. The van der Waals surface area contributed by atoms with E-state index in [0.29, 0.717) is 5.92 Å². The molecule has 1 aromatic heterocycles. The van der Waals surface area contributed by atoms with Crippen molar-refractivity contribution in [3.8, 4) is 0 Å². The van der Waals surface area contributed by atoms with Crippen molar-refractivity contribution in [2.45, 2.75) is 32.2 Å². The van der Waals surface area contributed by atoms with Gasteiger partial charge in [0.15, 0.2) is 0 Å². The van der Waals surface area contributed by atoms with Crippen molar-refractivity contribution < 1.29 is 0 Å². The van der Waals surface area contributed by atoms with Crippen LogP contribution < -0.4 is 5.32 Å². The Morgan fingerprint density at radius 2 is 2.06 bits per heavy atom. The van der Waals surface area contributed by atoms with Crippen LogP contribution in [0.4, 0.5) is 0 Å². The van der Waals surface area contributed by atoms with Gasteiger partial charge in [-0.3, -0.25) is 4.98 Å². The highest BCUT2D eigenvalue weighted by Gasteiger charge is 2.23. The van der Waals surface area contributed by atoms with Gasteiger partial charge in [0.05, 0.1) is 5.69 Å². The summed E-state index contributed by atoms with van der Waals surface area (Å²) in [6.07, 6.45) is 7.17. The van der Waals surface area contributed by atoms with Crippen LogP contribution in [0.15, 0.2) is 22.8 Å². The van der Waals surface area contributed by atoms with Gasteiger partial charge in [-0.1, -0.05) is 12.8 Å². The summed E-state index contributed by atoms with van der Waals surface area (Å²) in [5.74, 6) is 2.25. The molecule has 0 aliphatic heterocycles. The third-order valence-corrected chi connectivity index (χ3v) is 4.63. The number of aromatic nitrogens is 1. The predicted molar refractivity (Wildman–Crippen MR) is 79.8 cm³/mol. The molecule has 0 amide bonds. The van der Waals surface area contributed by atoms with E-state index in [4.69, 9.17) is 11.6 Å². The van der Waals surface area contributed by atoms with E-state index in [9.17, 15) is 0 Å². The maximum Gasteiger partial charge on any atom is 0.0542 e. The summed E-state index contributed by atoms with van der Waals surface area (Å²) < 4.78 is 1.03. The third-order valence-electron chi connectivity index (χ3n) is 3.77. The van der Waals surface area contributed by atoms with Gasteiger partial charge in [-0.2, -0.15) is 0 Å². The highest BCUT2D eigenvalue weighted by Crippen LogP contribution is 2.30. The maximum atomic E-state index is 6.04. The summed E-state index contributed by atoms with van der Waals surface area (Å²) in [5, 5.41) is 3.52. The van der Waals surface area contributed by atoms with Gasteiger partial charge in [0, 0.05) is 23.1 Å². The first-order valence-electron chi connectivity index (χ1n) is 6.66. The standard InChI is InChI=1S/C14H20BrClN2/c15-13-5-6-14(18-9-13)10-17-8-12-4-2-1-3-11(12)7-16/h5-6,9,11-12,17H,1-4,7-8,10H2. The Hall–Kier alpha value is -0.120. The summed E-state index contributed by atoms with van der Waals surface area (Å²) >= 11 is 9.44. The van der Waals surface area contributed by atoms with Crippen LogP contribution in [0.1, 0.15) is 31.4 Å². The Balaban J connectivity index is 1.75. The average Bonchev–Trinajstić information content (AvgIpc) is 2.41. The molecular weight excluding hydrogens is 312 g/mol. The fourth-order valence-electron chi connectivity index (χ4n) is 2.65. The quantitative estimate of drug-likeness (QED) is 0.826. The zero-order chi connectivity index (χ0) is 12.8. The monoisotopic (exact) mass is 330 g/mol. The lowest BCUT2D eigenvalue weighted by atomic mass is 9.80. The van der Waals surface area contributed by atoms with Gasteiger partial charge >= 0.3 is 0 Å². The van der Waals surface area contributed by atoms with Crippen LogP contribution in [0.5, 0.6) is 0 Å². The molecule has 2 rings (SSSR count). The van der Waals surface area contributed by atoms with E-state index in [0.717, 1.165) is 35.1 Å². The van der Waals surface area contributed by atoms with Gasteiger partial charge in [0.1, 0.15) is 0 Å². The molecular formula is C14H20BrClN2. The molecule has 0 radical (unpaired) electrons. The summed E-state index contributed by atoms with van der Waals surface area (Å²) in [4.78, 5) is 4.36. The molecule has 2 nitrogen and oxygen atoms in total. The minimum Gasteiger partial charge on any atom is -0.311 e. The van der Waals surface area contributed by atoms with Gasteiger partial charge in [-0.15, -0.1) is 11.6 Å². The van der Waals surface area contributed by atoms with Crippen LogP contribution in [0, 0.1) is 11.8 Å². The molecule has 1 aromatic rings. The molecule has 0 spiro atoms. The molecule has 1 fully saturated rings. The number of alkyl halides is 1. The molecule has 1 N–H and O–H groups in total. The second-order valence-corrected chi connectivity index (χ2v) is 6.28. The summed E-state index contributed by atoms with van der Waals surface area (Å²) in [6, 6.07) is 4.09. The zero-order valence-corrected chi connectivity index (χ0v) is 12.9. The van der Waals surface area contributed by atoms with Crippen molar-refractivity contribution in [2.75, 3.05) is 12.4 Å². The second-order valence-electron chi connectivity index (χ2n) is 5.06. The number of halogens is 2. The lowest BCUT2D eigenvalue weighted by molar-refractivity contribution is 0.250. The van der Waals surface area contributed by atoms with Crippen molar-refractivity contribution in [1.82, 2.24) is 10.3 Å². The normalized spacial score (nSPS) is 24.1. The Labute approximate surface area is 123 Å². The average molecular weight is 332 g/mol. The number of nitrogens with one attached hydrogen (secondary N) is 1. The Bertz CT molecular complexity index is 355. The molecule has 0 saturated heterocycles. The minimum atomic E-state index is 0.700. The van der Waals surface area contributed by atoms with Crippen LogP contribution >= 0.6 is 27.5 Å². The molecule has 100 valence electrons. The summed E-state index contributed by atoms with van der Waals surface area (Å²) in [6.45, 7) is 1.91. The highest BCUT2D eigenvalue weighted by atomic mass is 79.9. The molecule has 1 saturated carbocycles. The van der Waals surface area contributed by atoms with Crippen molar-refractivity contribution in [3.05, 3.63) is 28.5 Å². The van der Waals surface area contributed by atoms with E-state index in [1.165, 1.54) is 25.7 Å². The van der Waals surface area contributed by atoms with Gasteiger partial charge in [-0.05, 0) is 59.3 Å². The van der Waals surface area contributed by atoms with Crippen molar-refractivity contribution in [1.29, 1.82) is 0 Å². The van der Waals surface area contributed by atoms with Gasteiger partial charge in [-0.25, -0.2) is 0 Å². The topological polar surface area (TPSA) is 24.9 Å². The van der Waals surface area contributed by atoms with E-state index >= 15 is 0 Å². The van der Waals surface area contributed by atoms with Crippen molar-refractivity contribution in [2.24, 2.45) is 11.8 Å². The molecule has 1 aliphatic carbocycles.